The zero-order valence-electron chi connectivity index (χ0n) is 16.6. The van der Waals surface area contributed by atoms with Crippen LogP contribution in [-0.2, 0) is 13.0 Å². The monoisotopic (exact) mass is 389 g/mol. The maximum Gasteiger partial charge on any atom is 0.252 e. The molecule has 3 heterocycles. The molecule has 1 N–H and O–H groups in total. The van der Waals surface area contributed by atoms with Crippen LogP contribution < -0.4 is 10.3 Å². The molecule has 0 bridgehead atoms. The molecule has 0 radical (unpaired) electrons. The van der Waals surface area contributed by atoms with Crippen LogP contribution in [0.1, 0.15) is 30.4 Å². The molecule has 5 nitrogen and oxygen atoms in total. The Bertz CT molecular complexity index is 963. The van der Waals surface area contributed by atoms with Gasteiger partial charge in [-0.05, 0) is 69.0 Å². The van der Waals surface area contributed by atoms with E-state index in [0.717, 1.165) is 49.4 Å². The van der Waals surface area contributed by atoms with E-state index in [4.69, 9.17) is 4.74 Å². The highest BCUT2D eigenvalue weighted by molar-refractivity contribution is 5.32. The van der Waals surface area contributed by atoms with Crippen LogP contribution in [0.5, 0.6) is 11.6 Å². The summed E-state index contributed by atoms with van der Waals surface area (Å²) < 4.78 is 5.99. The molecular formula is C24H27N3O2. The minimum Gasteiger partial charge on any atom is -0.439 e. The van der Waals surface area contributed by atoms with Gasteiger partial charge in [-0.15, -0.1) is 0 Å². The highest BCUT2D eigenvalue weighted by atomic mass is 16.5. The van der Waals surface area contributed by atoms with Crippen molar-refractivity contribution in [1.82, 2.24) is 14.9 Å². The van der Waals surface area contributed by atoms with Crippen molar-refractivity contribution in [1.29, 1.82) is 0 Å². The first-order chi connectivity index (χ1) is 14.3. The normalized spacial score (nSPS) is 15.3. The maximum absolute atomic E-state index is 11.9. The van der Waals surface area contributed by atoms with E-state index in [2.05, 4.69) is 20.9 Å². The first-order valence-electron chi connectivity index (χ1n) is 10.3. The lowest BCUT2D eigenvalue weighted by molar-refractivity contribution is 0.172. The number of aromatic amines is 1. The van der Waals surface area contributed by atoms with Gasteiger partial charge in [0, 0.05) is 30.1 Å². The van der Waals surface area contributed by atoms with E-state index in [0.29, 0.717) is 11.8 Å². The summed E-state index contributed by atoms with van der Waals surface area (Å²) in [4.78, 5) is 21.5. The van der Waals surface area contributed by atoms with Crippen LogP contribution in [0.25, 0.3) is 0 Å². The van der Waals surface area contributed by atoms with Gasteiger partial charge >= 0.3 is 0 Å². The Hall–Kier alpha value is -2.92. The average molecular weight is 389 g/mol. The van der Waals surface area contributed by atoms with Crippen molar-refractivity contribution < 1.29 is 4.74 Å². The Labute approximate surface area is 171 Å². The van der Waals surface area contributed by atoms with Gasteiger partial charge in [0.1, 0.15) is 5.75 Å². The molecule has 5 heteroatoms. The number of piperidine rings is 1. The van der Waals surface area contributed by atoms with Crippen LogP contribution in [0.2, 0.25) is 0 Å². The molecule has 1 fully saturated rings. The third kappa shape index (κ3) is 5.33. The average Bonchev–Trinajstić information content (AvgIpc) is 2.76. The number of hydrogen-bond acceptors (Lipinski definition) is 4. The number of benzene rings is 1. The van der Waals surface area contributed by atoms with Gasteiger partial charge in [0.25, 0.3) is 5.56 Å². The number of hydrogen-bond donors (Lipinski definition) is 1. The zero-order chi connectivity index (χ0) is 19.9. The summed E-state index contributed by atoms with van der Waals surface area (Å²) >= 11 is 0. The van der Waals surface area contributed by atoms with Crippen molar-refractivity contribution in [3.63, 3.8) is 0 Å². The highest BCUT2D eigenvalue weighted by Crippen LogP contribution is 2.27. The van der Waals surface area contributed by atoms with Gasteiger partial charge in [0.15, 0.2) is 0 Å². The van der Waals surface area contributed by atoms with E-state index < -0.39 is 0 Å². The summed E-state index contributed by atoms with van der Waals surface area (Å²) in [5, 5.41) is 0. The second-order valence-corrected chi connectivity index (χ2v) is 7.67. The number of nitrogens with one attached hydrogen (secondary N) is 1. The third-order valence-electron chi connectivity index (χ3n) is 5.63. The first kappa shape index (κ1) is 19.4. The minimum absolute atomic E-state index is 0.0251. The van der Waals surface area contributed by atoms with Gasteiger partial charge in [0.2, 0.25) is 5.88 Å². The van der Waals surface area contributed by atoms with E-state index in [1.807, 2.05) is 48.5 Å². The molecule has 1 aliphatic heterocycles. The van der Waals surface area contributed by atoms with Gasteiger partial charge in [-0.2, -0.15) is 0 Å². The molecule has 3 aromatic rings. The molecule has 1 saturated heterocycles. The van der Waals surface area contributed by atoms with Crippen molar-refractivity contribution in [3.05, 3.63) is 88.5 Å². The van der Waals surface area contributed by atoms with Crippen LogP contribution in [0.3, 0.4) is 0 Å². The largest absolute Gasteiger partial charge is 0.439 e. The zero-order valence-corrected chi connectivity index (χ0v) is 16.6. The maximum atomic E-state index is 11.9. The summed E-state index contributed by atoms with van der Waals surface area (Å²) in [6, 6.07) is 17.7. The number of nitrogens with zero attached hydrogens (tertiary/aromatic N) is 2. The smallest absolute Gasteiger partial charge is 0.252 e. The van der Waals surface area contributed by atoms with Gasteiger partial charge in [0.05, 0.1) is 0 Å². The number of aryl methyl sites for hydroxylation is 1. The Morgan fingerprint density at radius 3 is 2.59 bits per heavy atom. The van der Waals surface area contributed by atoms with Gasteiger partial charge in [-0.25, -0.2) is 4.98 Å². The summed E-state index contributed by atoms with van der Waals surface area (Å²) in [5.41, 5.74) is 2.04. The van der Waals surface area contributed by atoms with Gasteiger partial charge in [-0.1, -0.05) is 30.3 Å². The molecule has 150 valence electrons. The van der Waals surface area contributed by atoms with Crippen LogP contribution in [-0.4, -0.2) is 28.0 Å². The Kier molecular flexibility index (Phi) is 6.37. The molecule has 0 aliphatic carbocycles. The minimum atomic E-state index is 0.0251. The summed E-state index contributed by atoms with van der Waals surface area (Å²) in [6.45, 7) is 2.82. The number of ether oxygens (including phenoxy) is 1. The predicted octanol–water partition coefficient (Wildman–Crippen LogP) is 4.41. The second-order valence-electron chi connectivity index (χ2n) is 7.67. The van der Waals surface area contributed by atoms with Crippen molar-refractivity contribution >= 4 is 0 Å². The van der Waals surface area contributed by atoms with Crippen molar-refractivity contribution in [3.8, 4) is 11.6 Å². The second kappa shape index (κ2) is 9.52. The molecular weight excluding hydrogens is 362 g/mol. The molecule has 2 aromatic heterocycles. The number of pyridine rings is 2. The quantitative estimate of drug-likeness (QED) is 0.650. The fourth-order valence-electron chi connectivity index (χ4n) is 3.92. The lowest BCUT2D eigenvalue weighted by Crippen LogP contribution is -2.35. The van der Waals surface area contributed by atoms with Crippen molar-refractivity contribution in [2.75, 3.05) is 13.1 Å². The predicted molar refractivity (Wildman–Crippen MR) is 114 cm³/mol. The van der Waals surface area contributed by atoms with E-state index in [-0.39, 0.29) is 5.56 Å². The van der Waals surface area contributed by atoms with Gasteiger partial charge < -0.3 is 9.72 Å². The number of aromatic nitrogens is 2. The van der Waals surface area contributed by atoms with Crippen LogP contribution in [0, 0.1) is 5.92 Å². The highest BCUT2D eigenvalue weighted by Gasteiger charge is 2.20. The fourth-order valence-corrected chi connectivity index (χ4v) is 3.92. The molecule has 1 aromatic carbocycles. The molecule has 0 amide bonds. The SMILES string of the molecule is O=c1[nH]cccc1CN1CCC(CCc2cccnc2Oc2ccccc2)CC1. The lowest BCUT2D eigenvalue weighted by atomic mass is 9.90. The van der Waals surface area contributed by atoms with E-state index >= 15 is 0 Å². The molecule has 29 heavy (non-hydrogen) atoms. The molecule has 0 unspecified atom stereocenters. The summed E-state index contributed by atoms with van der Waals surface area (Å²) in [5.74, 6) is 2.22. The Morgan fingerprint density at radius 1 is 1.00 bits per heavy atom. The fraction of sp³-hybridized carbons (Fsp3) is 0.333. The number of likely N-dealkylation sites (tertiary alicyclic amines) is 1. The molecule has 0 spiro atoms. The van der Waals surface area contributed by atoms with Crippen LogP contribution >= 0.6 is 0 Å². The number of rotatable bonds is 7. The molecule has 1 aliphatic rings. The molecule has 0 atom stereocenters. The molecule has 0 saturated carbocycles. The molecule has 4 rings (SSSR count). The van der Waals surface area contributed by atoms with Crippen molar-refractivity contribution in [2.45, 2.75) is 32.2 Å². The van der Waals surface area contributed by atoms with Crippen LogP contribution in [0.4, 0.5) is 0 Å². The lowest BCUT2D eigenvalue weighted by Gasteiger charge is -2.31. The van der Waals surface area contributed by atoms with Gasteiger partial charge in [-0.3, -0.25) is 9.69 Å². The van der Waals surface area contributed by atoms with Crippen LogP contribution in [0.15, 0.2) is 71.8 Å². The summed E-state index contributed by atoms with van der Waals surface area (Å²) in [6.07, 6.45) is 7.91. The van der Waals surface area contributed by atoms with E-state index in [1.165, 1.54) is 12.8 Å². The van der Waals surface area contributed by atoms with Crippen molar-refractivity contribution in [2.24, 2.45) is 5.92 Å². The first-order valence-corrected chi connectivity index (χ1v) is 10.3. The summed E-state index contributed by atoms with van der Waals surface area (Å²) in [7, 11) is 0. The van der Waals surface area contributed by atoms with E-state index in [9.17, 15) is 4.79 Å². The topological polar surface area (TPSA) is 58.2 Å². The number of para-hydroxylation sites is 1. The Balaban J connectivity index is 1.29. The third-order valence-corrected chi connectivity index (χ3v) is 5.63. The standard InChI is InChI=1S/C24H27N3O2/c28-23-21(7-5-14-25-23)18-27-16-12-19(13-17-27)10-11-20-6-4-15-26-24(20)29-22-8-2-1-3-9-22/h1-9,14-15,19H,10-13,16-18H2,(H,25,28). The van der Waals surface area contributed by atoms with E-state index in [1.54, 1.807) is 12.4 Å². The Morgan fingerprint density at radius 2 is 1.79 bits per heavy atom. The number of H-pyrrole nitrogens is 1.